The maximum absolute atomic E-state index is 5.38. The number of hydrogen-bond donors (Lipinski definition) is 0. The minimum absolute atomic E-state index is 0. The molecule has 0 aliphatic carbocycles. The summed E-state index contributed by atoms with van der Waals surface area (Å²) in [6.07, 6.45) is 8.25. The maximum atomic E-state index is 5.38. The maximum Gasteiger partial charge on any atom is 0.756 e. The first-order chi connectivity index (χ1) is 7.72. The Labute approximate surface area is 115 Å². The molecule has 0 unspecified atom stereocenters. The van der Waals surface area contributed by atoms with E-state index in [9.17, 15) is 0 Å². The van der Waals surface area contributed by atoms with Crippen LogP contribution < -0.4 is 21.5 Å². The molecular weight excluding hydrogens is 304 g/mol. The van der Waals surface area contributed by atoms with Crippen LogP contribution in [0.4, 0.5) is 0 Å². The number of aryl methyl sites for hydroxylation is 1. The predicted octanol–water partition coefficient (Wildman–Crippen LogP) is -2.20. The van der Waals surface area contributed by atoms with Crippen molar-refractivity contribution in [2.45, 2.75) is 26.3 Å². The van der Waals surface area contributed by atoms with Gasteiger partial charge in [0, 0.05) is 21.3 Å². The molecule has 0 saturated carbocycles. The summed E-state index contributed by atoms with van der Waals surface area (Å²) in [5.41, 5.74) is 0. The van der Waals surface area contributed by atoms with Gasteiger partial charge < -0.3 is 30.3 Å². The SMILES string of the molecule is CCCC[n+]1ccn([Si](OC)(OC)OC)c1.[Br-]. The van der Waals surface area contributed by atoms with Crippen LogP contribution in [0.15, 0.2) is 18.7 Å². The second-order valence-corrected chi connectivity index (χ2v) is 6.34. The van der Waals surface area contributed by atoms with Gasteiger partial charge in [-0.15, -0.1) is 0 Å². The van der Waals surface area contributed by atoms with E-state index in [1.165, 1.54) is 6.42 Å². The van der Waals surface area contributed by atoms with Crippen LogP contribution in [-0.4, -0.2) is 34.5 Å². The van der Waals surface area contributed by atoms with Crippen molar-refractivity contribution in [2.75, 3.05) is 21.3 Å². The number of rotatable bonds is 7. The molecule has 0 atom stereocenters. The lowest BCUT2D eigenvalue weighted by Gasteiger charge is -2.17. The van der Waals surface area contributed by atoms with Crippen molar-refractivity contribution in [3.63, 3.8) is 0 Å². The Morgan fingerprint density at radius 2 is 1.76 bits per heavy atom. The number of hydrogen-bond acceptors (Lipinski definition) is 3. The van der Waals surface area contributed by atoms with E-state index in [0.717, 1.165) is 13.0 Å². The fourth-order valence-electron chi connectivity index (χ4n) is 1.60. The second kappa shape index (κ2) is 7.99. The molecule has 0 amide bonds. The third kappa shape index (κ3) is 3.89. The lowest BCUT2D eigenvalue weighted by molar-refractivity contribution is -0.696. The first kappa shape index (κ1) is 16.8. The van der Waals surface area contributed by atoms with E-state index in [1.807, 2.05) is 23.0 Å². The van der Waals surface area contributed by atoms with E-state index in [0.29, 0.717) is 0 Å². The van der Waals surface area contributed by atoms with Gasteiger partial charge in [-0.1, -0.05) is 13.3 Å². The number of halogens is 1. The molecule has 0 spiro atoms. The quantitative estimate of drug-likeness (QED) is 0.422. The van der Waals surface area contributed by atoms with Gasteiger partial charge in [-0.3, -0.25) is 0 Å². The van der Waals surface area contributed by atoms with Crippen LogP contribution in [0.25, 0.3) is 0 Å². The molecule has 0 bridgehead atoms. The van der Waals surface area contributed by atoms with Gasteiger partial charge in [0.15, 0.2) is 0 Å². The minimum atomic E-state index is -2.72. The van der Waals surface area contributed by atoms with Crippen molar-refractivity contribution in [3.8, 4) is 0 Å². The summed E-state index contributed by atoms with van der Waals surface area (Å²) in [7, 11) is 2.10. The molecule has 100 valence electrons. The van der Waals surface area contributed by atoms with E-state index in [1.54, 1.807) is 21.3 Å². The fourth-order valence-corrected chi connectivity index (χ4v) is 3.27. The monoisotopic (exact) mass is 324 g/mol. The van der Waals surface area contributed by atoms with Gasteiger partial charge in [0.1, 0.15) is 12.4 Å². The standard InChI is InChI=1S/C10H21N2O3Si.BrH/c1-5-6-7-11-8-9-12(10-11)16(13-2,14-3)15-4;/h8-10H,5-7H2,1-4H3;1H/q+1;/p-1. The van der Waals surface area contributed by atoms with Crippen molar-refractivity contribution >= 4 is 8.97 Å². The Kier molecular flexibility index (Phi) is 7.89. The summed E-state index contributed by atoms with van der Waals surface area (Å²) in [5.74, 6) is 0. The highest BCUT2D eigenvalue weighted by Gasteiger charge is 2.50. The summed E-state index contributed by atoms with van der Waals surface area (Å²) < 4.78 is 20.2. The molecule has 7 heteroatoms. The second-order valence-electron chi connectivity index (χ2n) is 3.55. The van der Waals surface area contributed by atoms with Crippen LogP contribution in [0, 0.1) is 0 Å². The predicted molar refractivity (Wildman–Crippen MR) is 61.7 cm³/mol. The van der Waals surface area contributed by atoms with Gasteiger partial charge in [-0.25, -0.2) is 8.80 Å². The molecule has 1 aromatic rings. The first-order valence-corrected chi connectivity index (χ1v) is 7.12. The topological polar surface area (TPSA) is 36.5 Å². The van der Waals surface area contributed by atoms with Crippen molar-refractivity contribution < 1.29 is 34.8 Å². The smallest absolute Gasteiger partial charge is 0.756 e. The van der Waals surface area contributed by atoms with Crippen molar-refractivity contribution in [1.29, 1.82) is 0 Å². The Morgan fingerprint density at radius 1 is 1.18 bits per heavy atom. The molecule has 0 saturated heterocycles. The average Bonchev–Trinajstić information content (AvgIpc) is 2.79. The van der Waals surface area contributed by atoms with Gasteiger partial charge in [0.05, 0.1) is 6.54 Å². The van der Waals surface area contributed by atoms with Crippen molar-refractivity contribution in [2.24, 2.45) is 0 Å². The third-order valence-electron chi connectivity index (χ3n) is 2.55. The summed E-state index contributed by atoms with van der Waals surface area (Å²) in [4.78, 5) is 0. The number of nitrogens with zero attached hydrogens (tertiary/aromatic N) is 2. The van der Waals surface area contributed by atoms with E-state index in [2.05, 4.69) is 11.5 Å². The van der Waals surface area contributed by atoms with Crippen LogP contribution in [0.3, 0.4) is 0 Å². The molecule has 0 radical (unpaired) electrons. The zero-order valence-corrected chi connectivity index (χ0v) is 13.4. The Bertz CT molecular complexity index is 310. The van der Waals surface area contributed by atoms with Crippen LogP contribution in [-0.2, 0) is 19.8 Å². The lowest BCUT2D eigenvalue weighted by atomic mass is 10.3. The minimum Gasteiger partial charge on any atom is -1.00 e. The molecule has 0 aliphatic rings. The van der Waals surface area contributed by atoms with Gasteiger partial charge in [-0.05, 0) is 6.42 Å². The molecule has 5 nitrogen and oxygen atoms in total. The van der Waals surface area contributed by atoms with E-state index in [4.69, 9.17) is 13.3 Å². The van der Waals surface area contributed by atoms with Gasteiger partial charge in [0.25, 0.3) is 0 Å². The molecule has 0 aliphatic heterocycles. The third-order valence-corrected chi connectivity index (χ3v) is 5.00. The molecule has 1 aromatic heterocycles. The zero-order chi connectivity index (χ0) is 12.0. The molecular formula is C10H21BrN2O3Si. The normalized spacial score (nSPS) is 11.3. The molecule has 1 heterocycles. The van der Waals surface area contributed by atoms with Crippen molar-refractivity contribution in [3.05, 3.63) is 18.7 Å². The molecule has 17 heavy (non-hydrogen) atoms. The summed E-state index contributed by atoms with van der Waals surface area (Å²) in [6.45, 7) is 3.18. The number of imidazole rings is 1. The van der Waals surface area contributed by atoms with Crippen LogP contribution in [0.5, 0.6) is 0 Å². The van der Waals surface area contributed by atoms with Crippen LogP contribution in [0.1, 0.15) is 19.8 Å². The van der Waals surface area contributed by atoms with Gasteiger partial charge in [-0.2, -0.15) is 0 Å². The highest BCUT2D eigenvalue weighted by Crippen LogP contribution is 2.08. The van der Waals surface area contributed by atoms with E-state index >= 15 is 0 Å². The summed E-state index contributed by atoms with van der Waals surface area (Å²) in [6, 6.07) is 0. The molecule has 1 rings (SSSR count). The van der Waals surface area contributed by atoms with Crippen LogP contribution in [0.2, 0.25) is 0 Å². The lowest BCUT2D eigenvalue weighted by Crippen LogP contribution is -3.00. The molecule has 0 fully saturated rings. The summed E-state index contributed by atoms with van der Waals surface area (Å²) in [5, 5.41) is 0. The highest BCUT2D eigenvalue weighted by atomic mass is 79.9. The largest absolute Gasteiger partial charge is 1.00 e. The summed E-state index contributed by atoms with van der Waals surface area (Å²) >= 11 is 0. The first-order valence-electron chi connectivity index (χ1n) is 5.45. The van der Waals surface area contributed by atoms with Crippen LogP contribution >= 0.6 is 0 Å². The molecule has 0 N–H and O–H groups in total. The number of aromatic nitrogens is 2. The highest BCUT2D eigenvalue weighted by molar-refractivity contribution is 6.58. The number of unbranched alkanes of at least 4 members (excludes halogenated alkanes) is 1. The average molecular weight is 325 g/mol. The van der Waals surface area contributed by atoms with Gasteiger partial charge >= 0.3 is 8.97 Å². The Balaban J connectivity index is 0.00000256. The van der Waals surface area contributed by atoms with E-state index in [-0.39, 0.29) is 17.0 Å². The zero-order valence-electron chi connectivity index (χ0n) is 10.9. The van der Waals surface area contributed by atoms with Crippen molar-refractivity contribution in [1.82, 2.24) is 4.23 Å². The Morgan fingerprint density at radius 3 is 2.24 bits per heavy atom. The van der Waals surface area contributed by atoms with Gasteiger partial charge in [0.2, 0.25) is 6.33 Å². The fraction of sp³-hybridized carbons (Fsp3) is 0.700. The molecule has 0 aromatic carbocycles. The Hall–Kier alpha value is -0.213. The van der Waals surface area contributed by atoms with E-state index < -0.39 is 8.97 Å².